The number of aliphatic carboxylic acids is 3. The largest absolute Gasteiger partial charge is 0.481 e. The van der Waals surface area contributed by atoms with Crippen LogP contribution in [0.2, 0.25) is 0 Å². The third-order valence-corrected chi connectivity index (χ3v) is 8.23. The van der Waals surface area contributed by atoms with Gasteiger partial charge in [0.05, 0.1) is 31.7 Å². The normalized spacial score (nSPS) is 12.8. The number of amides is 2. The molecule has 2 amide bonds. The van der Waals surface area contributed by atoms with Crippen LogP contribution in [0.4, 0.5) is 0 Å². The van der Waals surface area contributed by atoms with E-state index in [1.807, 2.05) is 6.92 Å². The van der Waals surface area contributed by atoms with E-state index >= 15 is 0 Å². The maximum atomic E-state index is 12.7. The van der Waals surface area contributed by atoms with Gasteiger partial charge in [-0.25, -0.2) is 0 Å². The second-order valence-electron chi connectivity index (χ2n) is 12.0. The fraction of sp³-hybridized carbons (Fsp3) is 0.758. The van der Waals surface area contributed by atoms with Crippen molar-refractivity contribution in [2.45, 2.75) is 110 Å². The van der Waals surface area contributed by atoms with Crippen LogP contribution < -0.4 is 10.6 Å². The number of carboxylic acids is 3. The van der Waals surface area contributed by atoms with E-state index in [2.05, 4.69) is 10.6 Å². The third kappa shape index (κ3) is 27.9. The van der Waals surface area contributed by atoms with Crippen LogP contribution in [0.1, 0.15) is 104 Å². The average molecular weight is 769 g/mol. The lowest BCUT2D eigenvalue weighted by Gasteiger charge is -2.19. The topological polar surface area (TPSA) is 294 Å². The van der Waals surface area contributed by atoms with E-state index in [-0.39, 0.29) is 90.5 Å². The molecule has 0 aliphatic heterocycles. The highest BCUT2D eigenvalue weighted by atomic mass is 32.2. The van der Waals surface area contributed by atoms with Crippen molar-refractivity contribution >= 4 is 57.2 Å². The summed E-state index contributed by atoms with van der Waals surface area (Å²) in [6.45, 7) is 1.80. The molecule has 0 fully saturated rings. The van der Waals surface area contributed by atoms with Crippen molar-refractivity contribution in [3.8, 4) is 0 Å². The van der Waals surface area contributed by atoms with Gasteiger partial charge in [0.2, 0.25) is 11.8 Å². The Bertz CT molecular complexity index is 1270. The van der Waals surface area contributed by atoms with E-state index in [0.29, 0.717) is 38.5 Å². The molecule has 6 N–H and O–H groups in total. The van der Waals surface area contributed by atoms with Crippen LogP contribution in [0.3, 0.4) is 0 Å². The Kier molecular flexibility index (Phi) is 27.8. The number of unbranched alkanes of at least 4 members (excludes halogenated alkanes) is 2. The molecule has 19 heteroatoms. The molecule has 0 bridgehead atoms. The van der Waals surface area contributed by atoms with Gasteiger partial charge in [-0.05, 0) is 32.1 Å². The minimum absolute atomic E-state index is 0. The highest BCUT2D eigenvalue weighted by molar-refractivity contribution is 7.85. The Morgan fingerprint density at radius 2 is 1.31 bits per heavy atom. The first-order valence-electron chi connectivity index (χ1n) is 16.8. The third-order valence-electron chi connectivity index (χ3n) is 7.48. The number of hydrogen-bond acceptors (Lipinski definition) is 12. The Morgan fingerprint density at radius 1 is 0.673 bits per heavy atom. The van der Waals surface area contributed by atoms with Crippen molar-refractivity contribution < 1.29 is 76.1 Å². The van der Waals surface area contributed by atoms with Crippen LogP contribution >= 0.6 is 0 Å². The number of rotatable bonds is 33. The van der Waals surface area contributed by atoms with Gasteiger partial charge in [0.15, 0.2) is 11.6 Å². The van der Waals surface area contributed by atoms with E-state index in [1.54, 1.807) is 0 Å². The summed E-state index contributed by atoms with van der Waals surface area (Å²) in [6, 6.07) is -1.79. The predicted octanol–water partition coefficient (Wildman–Crippen LogP) is 1.82. The summed E-state index contributed by atoms with van der Waals surface area (Å²) in [5.41, 5.74) is 0. The monoisotopic (exact) mass is 768 g/mol. The molecule has 0 rings (SSSR count). The van der Waals surface area contributed by atoms with E-state index in [4.69, 9.17) is 14.6 Å². The number of hydrogen-bond donors (Lipinski definition) is 6. The highest BCUT2D eigenvalue weighted by Crippen LogP contribution is 2.17. The van der Waals surface area contributed by atoms with Crippen LogP contribution in [-0.4, -0.2) is 120 Å². The Hall–Kier alpha value is -3.81. The number of carbonyl (C=O) groups excluding carboxylic acids is 5. The van der Waals surface area contributed by atoms with Crippen LogP contribution in [0.5, 0.6) is 0 Å². The van der Waals surface area contributed by atoms with Crippen LogP contribution in [0, 0.1) is 11.8 Å². The molecule has 0 spiro atoms. The molecule has 52 heavy (non-hydrogen) atoms. The first kappa shape index (κ1) is 50.3. The minimum Gasteiger partial charge on any atom is -0.481 e. The average Bonchev–Trinajstić information content (AvgIpc) is 3.02. The zero-order valence-electron chi connectivity index (χ0n) is 29.0. The number of ether oxygens (including phenoxy) is 2. The smallest absolute Gasteiger partial charge is 0.306 e. The van der Waals surface area contributed by atoms with Gasteiger partial charge in [-0.1, -0.05) is 27.2 Å². The van der Waals surface area contributed by atoms with Crippen LogP contribution in [0.15, 0.2) is 0 Å². The summed E-state index contributed by atoms with van der Waals surface area (Å²) in [6.07, 6.45) is 1.72. The van der Waals surface area contributed by atoms with E-state index in [9.17, 15) is 61.5 Å². The van der Waals surface area contributed by atoms with Gasteiger partial charge in [-0.2, -0.15) is 8.42 Å². The van der Waals surface area contributed by atoms with Crippen molar-refractivity contribution in [1.82, 2.24) is 10.6 Å². The molecule has 3 unspecified atom stereocenters. The molecule has 0 radical (unpaired) electrons. The van der Waals surface area contributed by atoms with Gasteiger partial charge in [0.25, 0.3) is 10.1 Å². The summed E-state index contributed by atoms with van der Waals surface area (Å²) < 4.78 is 42.4. The van der Waals surface area contributed by atoms with Crippen LogP contribution in [-0.2, 0) is 57.9 Å². The number of carboxylic acid groups (broad SMARTS) is 3. The van der Waals surface area contributed by atoms with Gasteiger partial charge in [0, 0.05) is 51.5 Å². The van der Waals surface area contributed by atoms with Gasteiger partial charge in [-0.3, -0.25) is 42.9 Å². The zero-order valence-corrected chi connectivity index (χ0v) is 29.8. The highest BCUT2D eigenvalue weighted by Gasteiger charge is 2.30. The second-order valence-corrected chi connectivity index (χ2v) is 13.5. The molecule has 3 atom stereocenters. The van der Waals surface area contributed by atoms with E-state index in [0.717, 1.165) is 6.42 Å². The van der Waals surface area contributed by atoms with E-state index in [1.165, 1.54) is 0 Å². The number of Topliss-reactive ketones (excluding diaryl/α,β-unsaturated/α-hetero) is 3. The summed E-state index contributed by atoms with van der Waals surface area (Å²) in [5, 5.41) is 32.2. The van der Waals surface area contributed by atoms with Crippen molar-refractivity contribution in [2.75, 3.05) is 38.7 Å². The SMILES string of the molecule is C.CCCC(=O)CCCCCC(CC(=O)COCCOCCNC(=O)CCC(CC(=O)C(CS(=O)(=O)O)NC(=O)CCCC(=O)O)C(=O)O)C(=O)O. The second kappa shape index (κ2) is 28.7. The molecular formula is C33H56N2O16S. The minimum atomic E-state index is -4.77. The Balaban J connectivity index is 0. The standard InChI is InChI=1S/C32H52N2O16S.CH4/c1-2-7-24(35)9-5-3-4-8-22(31(42)43)18-25(36)20-50-17-16-49-15-14-33-28(38)13-12-23(32(44)45)19-27(37)26(21-51(46,47)48)34-29(39)10-6-11-30(40)41;/h22-23,26H,2-21H2,1H3,(H,33,38)(H,34,39)(H,40,41)(H,42,43)(H,44,45)(H,46,47,48);1H4. The maximum absolute atomic E-state index is 12.7. The quantitative estimate of drug-likeness (QED) is 0.0410. The lowest BCUT2D eigenvalue weighted by molar-refractivity contribution is -0.145. The summed E-state index contributed by atoms with van der Waals surface area (Å²) in [4.78, 5) is 94.5. The molecule has 0 heterocycles. The molecule has 0 aromatic carbocycles. The maximum Gasteiger partial charge on any atom is 0.306 e. The molecule has 18 nitrogen and oxygen atoms in total. The first-order chi connectivity index (χ1) is 23.9. The van der Waals surface area contributed by atoms with Gasteiger partial charge in [-0.15, -0.1) is 0 Å². The lowest BCUT2D eigenvalue weighted by atomic mass is 9.94. The Morgan fingerprint density at radius 3 is 1.90 bits per heavy atom. The molecule has 0 saturated carbocycles. The number of carbonyl (C=O) groups is 8. The van der Waals surface area contributed by atoms with Gasteiger partial charge in [0.1, 0.15) is 24.2 Å². The molecule has 0 aliphatic carbocycles. The molecule has 0 saturated heterocycles. The fourth-order valence-corrected chi connectivity index (χ4v) is 5.48. The number of ketones is 3. The zero-order chi connectivity index (χ0) is 38.8. The van der Waals surface area contributed by atoms with Crippen LogP contribution in [0.25, 0.3) is 0 Å². The predicted molar refractivity (Wildman–Crippen MR) is 185 cm³/mol. The van der Waals surface area contributed by atoms with Gasteiger partial charge < -0.3 is 35.4 Å². The molecular weight excluding hydrogens is 712 g/mol. The van der Waals surface area contributed by atoms with Crippen molar-refractivity contribution in [2.24, 2.45) is 11.8 Å². The van der Waals surface area contributed by atoms with E-state index < -0.39 is 75.7 Å². The molecule has 0 aromatic heterocycles. The summed E-state index contributed by atoms with van der Waals surface area (Å²) >= 11 is 0. The molecule has 300 valence electrons. The van der Waals surface area contributed by atoms with Crippen molar-refractivity contribution in [3.63, 3.8) is 0 Å². The van der Waals surface area contributed by atoms with Crippen molar-refractivity contribution in [3.05, 3.63) is 0 Å². The number of nitrogens with one attached hydrogen (secondary N) is 2. The first-order valence-corrected chi connectivity index (χ1v) is 18.5. The van der Waals surface area contributed by atoms with Crippen molar-refractivity contribution in [1.29, 1.82) is 0 Å². The Labute approximate surface area is 304 Å². The van der Waals surface area contributed by atoms with Gasteiger partial charge >= 0.3 is 17.9 Å². The summed E-state index contributed by atoms with van der Waals surface area (Å²) in [7, 11) is -4.77. The molecule has 0 aliphatic rings. The molecule has 0 aromatic rings. The summed E-state index contributed by atoms with van der Waals surface area (Å²) in [5.74, 6) is -9.83. The fourth-order valence-electron chi connectivity index (χ4n) is 4.79. The lowest BCUT2D eigenvalue weighted by Crippen LogP contribution is -2.46.